The topological polar surface area (TPSA) is 29.5 Å². The molecule has 1 unspecified atom stereocenters. The van der Waals surface area contributed by atoms with Gasteiger partial charge in [0.15, 0.2) is 5.78 Å². The smallest absolute Gasteiger partial charge is 0.179 e. The third kappa shape index (κ3) is 6.10. The van der Waals surface area contributed by atoms with Crippen LogP contribution in [0.4, 0.5) is 0 Å². The van der Waals surface area contributed by atoms with Crippen LogP contribution in [0.25, 0.3) is 0 Å². The van der Waals surface area contributed by atoms with Crippen molar-refractivity contribution < 1.29 is 9.53 Å². The molecule has 1 aliphatic heterocycles. The molecule has 0 radical (unpaired) electrons. The number of hydrogen-bond acceptors (Lipinski definition) is 3. The van der Waals surface area contributed by atoms with Crippen molar-refractivity contribution in [1.82, 2.24) is 4.90 Å². The van der Waals surface area contributed by atoms with Crippen LogP contribution < -0.4 is 4.74 Å². The van der Waals surface area contributed by atoms with Gasteiger partial charge in [-0.25, -0.2) is 0 Å². The minimum Gasteiger partial charge on any atom is -0.497 e. The average molecular weight is 354 g/mol. The highest BCUT2D eigenvalue weighted by molar-refractivity contribution is 6.00. The van der Waals surface area contributed by atoms with Gasteiger partial charge < -0.3 is 4.74 Å². The van der Waals surface area contributed by atoms with E-state index >= 15 is 0 Å². The van der Waals surface area contributed by atoms with E-state index in [2.05, 4.69) is 11.8 Å². The number of benzene rings is 1. The molecule has 4 heteroatoms. The molecule has 1 heterocycles. The van der Waals surface area contributed by atoms with E-state index in [9.17, 15) is 4.79 Å². The molecule has 1 aromatic rings. The first-order chi connectivity index (χ1) is 11.3. The van der Waals surface area contributed by atoms with Crippen molar-refractivity contribution in [1.29, 1.82) is 0 Å². The summed E-state index contributed by atoms with van der Waals surface area (Å²) in [6.45, 7) is 4.38. The van der Waals surface area contributed by atoms with Gasteiger partial charge >= 0.3 is 0 Å². The predicted octanol–water partition coefficient (Wildman–Crippen LogP) is 5.12. The molecular formula is C20H32ClNO2. The first kappa shape index (κ1) is 21.0. The zero-order valence-electron chi connectivity index (χ0n) is 15.1. The van der Waals surface area contributed by atoms with E-state index in [1.807, 2.05) is 24.3 Å². The van der Waals surface area contributed by atoms with Gasteiger partial charge in [-0.3, -0.25) is 9.69 Å². The van der Waals surface area contributed by atoms with Crippen molar-refractivity contribution in [3.05, 3.63) is 29.8 Å². The second-order valence-corrected chi connectivity index (χ2v) is 6.55. The highest BCUT2D eigenvalue weighted by atomic mass is 35.5. The molecule has 0 N–H and O–H groups in total. The maximum absolute atomic E-state index is 13.0. The number of nitrogens with zero attached hydrogens (tertiary/aromatic N) is 1. The van der Waals surface area contributed by atoms with Crippen molar-refractivity contribution in [2.75, 3.05) is 20.2 Å². The molecule has 1 aromatic carbocycles. The molecule has 136 valence electrons. The van der Waals surface area contributed by atoms with E-state index in [0.29, 0.717) is 0 Å². The van der Waals surface area contributed by atoms with Crippen LogP contribution in [-0.4, -0.2) is 36.9 Å². The van der Waals surface area contributed by atoms with E-state index in [0.717, 1.165) is 37.2 Å². The first-order valence-electron chi connectivity index (χ1n) is 9.18. The molecule has 2 rings (SSSR count). The monoisotopic (exact) mass is 353 g/mol. The molecule has 0 amide bonds. The third-order valence-electron chi connectivity index (χ3n) is 4.84. The number of likely N-dealkylation sites (tertiary alicyclic amines) is 1. The number of rotatable bonds is 10. The Bertz CT molecular complexity index is 469. The number of methoxy groups -OCH3 is 1. The lowest BCUT2D eigenvalue weighted by atomic mass is 9.97. The summed E-state index contributed by atoms with van der Waals surface area (Å²) in [6.07, 6.45) is 9.71. The maximum atomic E-state index is 13.0. The standard InChI is InChI=1S/C20H31NO2.ClH/c1-3-4-5-6-7-10-19(21-15-8-9-16-21)20(22)17-11-13-18(23-2)14-12-17;/h11-14,19H,3-10,15-16H2,1-2H3;1H. The minimum atomic E-state index is 0. The van der Waals surface area contributed by atoms with Crippen LogP contribution in [0.3, 0.4) is 0 Å². The number of hydrogen-bond donors (Lipinski definition) is 0. The number of carbonyl (C=O) groups is 1. The Morgan fingerprint density at radius 3 is 2.29 bits per heavy atom. The van der Waals surface area contributed by atoms with Crippen molar-refractivity contribution in [3.63, 3.8) is 0 Å². The van der Waals surface area contributed by atoms with Crippen LogP contribution in [0.2, 0.25) is 0 Å². The molecule has 3 nitrogen and oxygen atoms in total. The highest BCUT2D eigenvalue weighted by Gasteiger charge is 2.28. The van der Waals surface area contributed by atoms with Crippen molar-refractivity contribution in [2.45, 2.75) is 64.3 Å². The Morgan fingerprint density at radius 2 is 1.71 bits per heavy atom. The van der Waals surface area contributed by atoms with Gasteiger partial charge in [0.25, 0.3) is 0 Å². The molecule has 1 fully saturated rings. The van der Waals surface area contributed by atoms with Gasteiger partial charge in [-0.05, 0) is 56.6 Å². The fourth-order valence-corrected chi connectivity index (χ4v) is 3.42. The summed E-state index contributed by atoms with van der Waals surface area (Å²) in [5, 5.41) is 0. The van der Waals surface area contributed by atoms with Crippen molar-refractivity contribution >= 4 is 18.2 Å². The second kappa shape index (κ2) is 11.5. The normalized spacial score (nSPS) is 15.8. The Kier molecular flexibility index (Phi) is 10.0. The summed E-state index contributed by atoms with van der Waals surface area (Å²) in [7, 11) is 1.65. The fraction of sp³-hybridized carbons (Fsp3) is 0.650. The van der Waals surface area contributed by atoms with Crippen LogP contribution in [0.15, 0.2) is 24.3 Å². The molecule has 1 saturated heterocycles. The second-order valence-electron chi connectivity index (χ2n) is 6.55. The molecule has 1 atom stereocenters. The van der Waals surface area contributed by atoms with Gasteiger partial charge in [0.05, 0.1) is 13.2 Å². The summed E-state index contributed by atoms with van der Waals surface area (Å²) < 4.78 is 5.19. The van der Waals surface area contributed by atoms with Gasteiger partial charge in [0.2, 0.25) is 0 Å². The lowest BCUT2D eigenvalue weighted by Gasteiger charge is -2.26. The maximum Gasteiger partial charge on any atom is 0.179 e. The van der Waals surface area contributed by atoms with Crippen LogP contribution in [-0.2, 0) is 0 Å². The average Bonchev–Trinajstić information content (AvgIpc) is 3.12. The van der Waals surface area contributed by atoms with Gasteiger partial charge in [0, 0.05) is 5.56 Å². The Morgan fingerprint density at radius 1 is 1.08 bits per heavy atom. The van der Waals surface area contributed by atoms with E-state index in [1.54, 1.807) is 7.11 Å². The molecule has 1 aliphatic rings. The quantitative estimate of drug-likeness (QED) is 0.431. The lowest BCUT2D eigenvalue weighted by Crippen LogP contribution is -2.39. The van der Waals surface area contributed by atoms with Gasteiger partial charge in [-0.15, -0.1) is 12.4 Å². The SMILES string of the molecule is CCCCCCCC(C(=O)c1ccc(OC)cc1)N1CCCC1.Cl. The number of Topliss-reactive ketones (excluding diaryl/α,β-unsaturated/α-hetero) is 1. The molecule has 24 heavy (non-hydrogen) atoms. The van der Waals surface area contributed by atoms with Gasteiger partial charge in [0.1, 0.15) is 5.75 Å². The molecule has 0 saturated carbocycles. The van der Waals surface area contributed by atoms with Crippen molar-refractivity contribution in [2.24, 2.45) is 0 Å². The van der Waals surface area contributed by atoms with Crippen LogP contribution in [0.5, 0.6) is 5.75 Å². The summed E-state index contributed by atoms with van der Waals surface area (Å²) in [6, 6.07) is 7.64. The van der Waals surface area contributed by atoms with Crippen LogP contribution in [0, 0.1) is 0 Å². The first-order valence-corrected chi connectivity index (χ1v) is 9.18. The molecule has 0 aromatic heterocycles. The number of halogens is 1. The Labute approximate surface area is 153 Å². The highest BCUT2D eigenvalue weighted by Crippen LogP contribution is 2.22. The van der Waals surface area contributed by atoms with Gasteiger partial charge in [-0.1, -0.05) is 39.0 Å². The zero-order chi connectivity index (χ0) is 16.5. The van der Waals surface area contributed by atoms with Crippen LogP contribution in [0.1, 0.15) is 68.6 Å². The van der Waals surface area contributed by atoms with Crippen molar-refractivity contribution in [3.8, 4) is 5.75 Å². The lowest BCUT2D eigenvalue weighted by molar-refractivity contribution is 0.0834. The summed E-state index contributed by atoms with van der Waals surface area (Å²) in [4.78, 5) is 15.4. The fourth-order valence-electron chi connectivity index (χ4n) is 3.42. The summed E-state index contributed by atoms with van der Waals surface area (Å²) >= 11 is 0. The Balaban J connectivity index is 0.00000288. The molecule has 0 bridgehead atoms. The summed E-state index contributed by atoms with van der Waals surface area (Å²) in [5.41, 5.74) is 0.816. The molecule has 0 aliphatic carbocycles. The number of ether oxygens (including phenoxy) is 1. The van der Waals surface area contributed by atoms with Gasteiger partial charge in [-0.2, -0.15) is 0 Å². The summed E-state index contributed by atoms with van der Waals surface area (Å²) in [5.74, 6) is 1.09. The predicted molar refractivity (Wildman–Crippen MR) is 103 cm³/mol. The zero-order valence-corrected chi connectivity index (χ0v) is 15.9. The van der Waals surface area contributed by atoms with E-state index in [1.165, 1.54) is 38.5 Å². The van der Waals surface area contributed by atoms with E-state index in [-0.39, 0.29) is 24.2 Å². The number of ketones is 1. The largest absolute Gasteiger partial charge is 0.497 e. The third-order valence-corrected chi connectivity index (χ3v) is 4.84. The number of carbonyl (C=O) groups excluding carboxylic acids is 1. The van der Waals surface area contributed by atoms with E-state index < -0.39 is 0 Å². The Hall–Kier alpha value is -1.06. The van der Waals surface area contributed by atoms with E-state index in [4.69, 9.17) is 4.74 Å². The minimum absolute atomic E-state index is 0. The molecular weight excluding hydrogens is 322 g/mol. The molecule has 0 spiro atoms. The van der Waals surface area contributed by atoms with Crippen LogP contribution >= 0.6 is 12.4 Å². The number of unbranched alkanes of at least 4 members (excludes halogenated alkanes) is 4.